The Labute approximate surface area is 113 Å². The highest BCUT2D eigenvalue weighted by molar-refractivity contribution is 5.63. The number of hydrogen-bond acceptors (Lipinski definition) is 3. The number of aromatic nitrogens is 2. The molecule has 0 unspecified atom stereocenters. The Kier molecular flexibility index (Phi) is 3.19. The van der Waals surface area contributed by atoms with Gasteiger partial charge in [-0.2, -0.15) is 5.10 Å². The molecule has 19 heavy (non-hydrogen) atoms. The van der Waals surface area contributed by atoms with Crippen LogP contribution < -0.4 is 5.32 Å². The summed E-state index contributed by atoms with van der Waals surface area (Å²) in [6, 6.07) is 4.83. The van der Waals surface area contributed by atoms with Gasteiger partial charge in [0.2, 0.25) is 0 Å². The quantitative estimate of drug-likeness (QED) is 0.897. The SMILES string of the molecule is CCn1nc(C)c(-c2ccc(CNC3CC3)o2)c1C. The molecule has 0 aromatic carbocycles. The monoisotopic (exact) mass is 259 g/mol. The lowest BCUT2D eigenvalue weighted by molar-refractivity contribution is 0.492. The van der Waals surface area contributed by atoms with Crippen molar-refractivity contribution >= 4 is 0 Å². The van der Waals surface area contributed by atoms with Gasteiger partial charge in [0.25, 0.3) is 0 Å². The first-order valence-corrected chi connectivity index (χ1v) is 7.05. The van der Waals surface area contributed by atoms with Gasteiger partial charge in [0.1, 0.15) is 11.5 Å². The van der Waals surface area contributed by atoms with E-state index in [1.54, 1.807) is 0 Å². The number of hydrogen-bond donors (Lipinski definition) is 1. The van der Waals surface area contributed by atoms with Gasteiger partial charge in [-0.3, -0.25) is 4.68 Å². The van der Waals surface area contributed by atoms with Crippen LogP contribution in [0.5, 0.6) is 0 Å². The summed E-state index contributed by atoms with van der Waals surface area (Å²) in [5.74, 6) is 1.94. The van der Waals surface area contributed by atoms with Crippen LogP contribution in [0.4, 0.5) is 0 Å². The molecule has 0 bridgehead atoms. The van der Waals surface area contributed by atoms with E-state index in [-0.39, 0.29) is 0 Å². The molecule has 1 fully saturated rings. The molecular formula is C15H21N3O. The number of aryl methyl sites for hydroxylation is 2. The van der Waals surface area contributed by atoms with Gasteiger partial charge >= 0.3 is 0 Å². The van der Waals surface area contributed by atoms with Crippen molar-refractivity contribution in [3.05, 3.63) is 29.3 Å². The molecule has 4 heteroatoms. The van der Waals surface area contributed by atoms with Crippen LogP contribution in [0.2, 0.25) is 0 Å². The third kappa shape index (κ3) is 2.45. The summed E-state index contributed by atoms with van der Waals surface area (Å²) >= 11 is 0. The van der Waals surface area contributed by atoms with Gasteiger partial charge in [-0.05, 0) is 45.7 Å². The van der Waals surface area contributed by atoms with Crippen LogP contribution in [-0.4, -0.2) is 15.8 Å². The average Bonchev–Trinajstić information content (AvgIpc) is 3.04. The van der Waals surface area contributed by atoms with E-state index in [1.165, 1.54) is 18.5 Å². The molecule has 4 nitrogen and oxygen atoms in total. The fraction of sp³-hybridized carbons (Fsp3) is 0.533. The van der Waals surface area contributed by atoms with Crippen LogP contribution in [-0.2, 0) is 13.1 Å². The molecule has 1 aliphatic carbocycles. The van der Waals surface area contributed by atoms with E-state index in [1.807, 2.05) is 11.6 Å². The number of nitrogens with one attached hydrogen (secondary N) is 1. The minimum atomic E-state index is 0.708. The van der Waals surface area contributed by atoms with Crippen molar-refractivity contribution in [1.29, 1.82) is 0 Å². The topological polar surface area (TPSA) is 43.0 Å². The van der Waals surface area contributed by atoms with Crippen LogP contribution >= 0.6 is 0 Å². The number of furan rings is 1. The Balaban J connectivity index is 1.83. The van der Waals surface area contributed by atoms with Crippen molar-refractivity contribution < 1.29 is 4.42 Å². The predicted octanol–water partition coefficient (Wildman–Crippen LogP) is 3.03. The summed E-state index contributed by atoms with van der Waals surface area (Å²) in [6.07, 6.45) is 2.60. The molecule has 0 amide bonds. The Morgan fingerprint density at radius 1 is 1.37 bits per heavy atom. The minimum Gasteiger partial charge on any atom is -0.460 e. The molecule has 2 aromatic rings. The molecule has 2 heterocycles. The second-order valence-corrected chi connectivity index (χ2v) is 5.28. The third-order valence-electron chi connectivity index (χ3n) is 3.73. The molecule has 0 saturated heterocycles. The van der Waals surface area contributed by atoms with Gasteiger partial charge in [-0.15, -0.1) is 0 Å². The first-order chi connectivity index (χ1) is 9.19. The summed E-state index contributed by atoms with van der Waals surface area (Å²) < 4.78 is 7.97. The molecule has 2 aromatic heterocycles. The molecule has 0 radical (unpaired) electrons. The van der Waals surface area contributed by atoms with Crippen molar-refractivity contribution in [2.24, 2.45) is 0 Å². The summed E-state index contributed by atoms with van der Waals surface area (Å²) in [5, 5.41) is 8.01. The Morgan fingerprint density at radius 2 is 2.16 bits per heavy atom. The largest absolute Gasteiger partial charge is 0.460 e. The Bertz CT molecular complexity index is 578. The lowest BCUT2D eigenvalue weighted by atomic mass is 10.1. The normalized spacial score (nSPS) is 15.1. The summed E-state index contributed by atoms with van der Waals surface area (Å²) in [6.45, 7) is 7.97. The van der Waals surface area contributed by atoms with Gasteiger partial charge in [0.15, 0.2) is 0 Å². The van der Waals surface area contributed by atoms with Crippen molar-refractivity contribution in [2.45, 2.75) is 52.7 Å². The van der Waals surface area contributed by atoms with Crippen LogP contribution in [0, 0.1) is 13.8 Å². The second-order valence-electron chi connectivity index (χ2n) is 5.28. The van der Waals surface area contributed by atoms with Gasteiger partial charge in [0.05, 0.1) is 17.8 Å². The molecule has 1 aliphatic rings. The zero-order valence-corrected chi connectivity index (χ0v) is 11.9. The molecule has 1 saturated carbocycles. The van der Waals surface area contributed by atoms with Crippen molar-refractivity contribution in [3.8, 4) is 11.3 Å². The molecule has 102 valence electrons. The zero-order valence-electron chi connectivity index (χ0n) is 11.9. The highest BCUT2D eigenvalue weighted by Crippen LogP contribution is 2.29. The summed E-state index contributed by atoms with van der Waals surface area (Å²) in [5.41, 5.74) is 3.35. The average molecular weight is 259 g/mol. The lowest BCUT2D eigenvalue weighted by Crippen LogP contribution is -2.14. The third-order valence-corrected chi connectivity index (χ3v) is 3.73. The van der Waals surface area contributed by atoms with E-state index in [0.717, 1.165) is 35.9 Å². The predicted molar refractivity (Wildman–Crippen MR) is 74.9 cm³/mol. The highest BCUT2D eigenvalue weighted by atomic mass is 16.3. The number of nitrogens with zero attached hydrogens (tertiary/aromatic N) is 2. The first-order valence-electron chi connectivity index (χ1n) is 7.05. The summed E-state index contributed by atoms with van der Waals surface area (Å²) in [4.78, 5) is 0. The maximum Gasteiger partial charge on any atom is 0.138 e. The van der Waals surface area contributed by atoms with Crippen LogP contribution in [0.15, 0.2) is 16.5 Å². The first kappa shape index (κ1) is 12.5. The molecular weight excluding hydrogens is 238 g/mol. The second kappa shape index (κ2) is 4.85. The smallest absolute Gasteiger partial charge is 0.138 e. The van der Waals surface area contributed by atoms with Crippen molar-refractivity contribution in [3.63, 3.8) is 0 Å². The fourth-order valence-electron chi connectivity index (χ4n) is 2.50. The Morgan fingerprint density at radius 3 is 2.79 bits per heavy atom. The van der Waals surface area contributed by atoms with E-state index in [4.69, 9.17) is 4.42 Å². The fourth-order valence-corrected chi connectivity index (χ4v) is 2.50. The zero-order chi connectivity index (χ0) is 13.4. The lowest BCUT2D eigenvalue weighted by Gasteiger charge is -2.01. The van der Waals surface area contributed by atoms with Crippen LogP contribution in [0.1, 0.15) is 36.9 Å². The van der Waals surface area contributed by atoms with E-state index in [2.05, 4.69) is 36.4 Å². The van der Waals surface area contributed by atoms with Gasteiger partial charge < -0.3 is 9.73 Å². The molecule has 1 N–H and O–H groups in total. The van der Waals surface area contributed by atoms with Crippen molar-refractivity contribution in [2.75, 3.05) is 0 Å². The molecule has 0 aliphatic heterocycles. The Hall–Kier alpha value is -1.55. The highest BCUT2D eigenvalue weighted by Gasteiger charge is 2.21. The molecule has 3 rings (SSSR count). The molecule has 0 spiro atoms. The van der Waals surface area contributed by atoms with Crippen molar-refractivity contribution in [1.82, 2.24) is 15.1 Å². The molecule has 0 atom stereocenters. The number of rotatable bonds is 5. The van der Waals surface area contributed by atoms with E-state index < -0.39 is 0 Å². The van der Waals surface area contributed by atoms with Gasteiger partial charge in [0, 0.05) is 18.3 Å². The minimum absolute atomic E-state index is 0.708. The van der Waals surface area contributed by atoms with E-state index in [9.17, 15) is 0 Å². The van der Waals surface area contributed by atoms with Crippen LogP contribution in [0.25, 0.3) is 11.3 Å². The summed E-state index contributed by atoms with van der Waals surface area (Å²) in [7, 11) is 0. The standard InChI is InChI=1S/C15H21N3O/c1-4-18-11(3)15(10(2)17-18)14-8-7-13(19-14)9-16-12-5-6-12/h7-8,12,16H,4-6,9H2,1-3H3. The maximum atomic E-state index is 5.95. The van der Waals surface area contributed by atoms with Crippen LogP contribution in [0.3, 0.4) is 0 Å². The van der Waals surface area contributed by atoms with E-state index in [0.29, 0.717) is 6.04 Å². The van der Waals surface area contributed by atoms with Gasteiger partial charge in [-0.1, -0.05) is 0 Å². The maximum absolute atomic E-state index is 5.95. The van der Waals surface area contributed by atoms with Gasteiger partial charge in [-0.25, -0.2) is 0 Å². The van der Waals surface area contributed by atoms with E-state index >= 15 is 0 Å².